The molecule has 0 radical (unpaired) electrons. The van der Waals surface area contributed by atoms with E-state index in [4.69, 9.17) is 9.72 Å². The molecular weight excluding hydrogens is 448 g/mol. The minimum Gasteiger partial charge on any atom is -0.493 e. The molecule has 6 nitrogen and oxygen atoms in total. The standard InChI is InChI=1S/C30H38N4O2/c1-23-10-14-28(26-13-15-29(35)32-30(23)26)36-21-6-2-5-16-33-17-7-18-34(20-19-33)22-25-12-11-24-8-3-4-9-27(24)31-25/h3-4,8-12,14H,2,5-7,13,15-22H2,1H3,(H,32,35). The lowest BCUT2D eigenvalue weighted by Gasteiger charge is -2.22. The van der Waals surface area contributed by atoms with Gasteiger partial charge in [0.15, 0.2) is 0 Å². The topological polar surface area (TPSA) is 57.7 Å². The zero-order valence-electron chi connectivity index (χ0n) is 21.5. The second kappa shape index (κ2) is 11.8. The molecular formula is C30H38N4O2. The lowest BCUT2D eigenvalue weighted by Crippen LogP contribution is -2.31. The summed E-state index contributed by atoms with van der Waals surface area (Å²) in [5.74, 6) is 1.04. The second-order valence-corrected chi connectivity index (χ2v) is 10.2. The van der Waals surface area contributed by atoms with Crippen molar-refractivity contribution in [3.8, 4) is 5.75 Å². The van der Waals surface area contributed by atoms with Crippen LogP contribution in [0.5, 0.6) is 5.75 Å². The number of anilines is 1. The Morgan fingerprint density at radius 3 is 2.72 bits per heavy atom. The van der Waals surface area contributed by atoms with E-state index in [0.717, 1.165) is 80.3 Å². The predicted octanol–water partition coefficient (Wildman–Crippen LogP) is 5.18. The summed E-state index contributed by atoms with van der Waals surface area (Å²) in [6, 6.07) is 16.8. The summed E-state index contributed by atoms with van der Waals surface area (Å²) in [6.45, 7) is 9.42. The molecule has 190 valence electrons. The first-order valence-corrected chi connectivity index (χ1v) is 13.5. The monoisotopic (exact) mass is 486 g/mol. The molecule has 2 aliphatic heterocycles. The van der Waals surface area contributed by atoms with Crippen LogP contribution in [0.3, 0.4) is 0 Å². The molecule has 2 aromatic carbocycles. The third kappa shape index (κ3) is 6.23. The Morgan fingerprint density at radius 1 is 0.917 bits per heavy atom. The Hall–Kier alpha value is -2.96. The average Bonchev–Trinajstić information content (AvgIpc) is 3.12. The molecule has 0 aliphatic carbocycles. The highest BCUT2D eigenvalue weighted by atomic mass is 16.5. The van der Waals surface area contributed by atoms with Crippen molar-refractivity contribution in [3.05, 3.63) is 65.4 Å². The number of rotatable bonds is 9. The Balaban J connectivity index is 1.01. The Morgan fingerprint density at radius 2 is 1.78 bits per heavy atom. The molecule has 2 aliphatic rings. The van der Waals surface area contributed by atoms with Crippen LogP contribution in [0.15, 0.2) is 48.5 Å². The molecule has 5 rings (SSSR count). The average molecular weight is 487 g/mol. The van der Waals surface area contributed by atoms with Crippen LogP contribution in [0.25, 0.3) is 10.9 Å². The Labute approximate surface area is 214 Å². The summed E-state index contributed by atoms with van der Waals surface area (Å²) in [6.07, 6.45) is 5.96. The lowest BCUT2D eigenvalue weighted by atomic mass is 9.98. The van der Waals surface area contributed by atoms with Gasteiger partial charge in [0.05, 0.1) is 23.5 Å². The maximum atomic E-state index is 11.8. The van der Waals surface area contributed by atoms with E-state index >= 15 is 0 Å². The molecule has 1 saturated heterocycles. The van der Waals surface area contributed by atoms with Crippen molar-refractivity contribution in [2.75, 3.05) is 44.6 Å². The van der Waals surface area contributed by atoms with Crippen LogP contribution in [0.2, 0.25) is 0 Å². The van der Waals surface area contributed by atoms with Crippen LogP contribution in [-0.2, 0) is 17.8 Å². The van der Waals surface area contributed by atoms with Gasteiger partial charge in [0.2, 0.25) is 5.91 Å². The number of amides is 1. The quantitative estimate of drug-likeness (QED) is 0.422. The second-order valence-electron chi connectivity index (χ2n) is 10.2. The third-order valence-corrected chi connectivity index (χ3v) is 7.44. The fraction of sp³-hybridized carbons (Fsp3) is 0.467. The highest BCUT2D eigenvalue weighted by Crippen LogP contribution is 2.34. The van der Waals surface area contributed by atoms with Crippen molar-refractivity contribution in [2.24, 2.45) is 0 Å². The number of hydrogen-bond acceptors (Lipinski definition) is 5. The van der Waals surface area contributed by atoms with Gasteiger partial charge < -0.3 is 15.0 Å². The van der Waals surface area contributed by atoms with Crippen LogP contribution in [0.1, 0.15) is 48.9 Å². The zero-order valence-corrected chi connectivity index (χ0v) is 21.5. The van der Waals surface area contributed by atoms with Gasteiger partial charge in [-0.2, -0.15) is 0 Å². The summed E-state index contributed by atoms with van der Waals surface area (Å²) in [7, 11) is 0. The summed E-state index contributed by atoms with van der Waals surface area (Å²) in [4.78, 5) is 21.8. The van der Waals surface area contributed by atoms with Crippen LogP contribution < -0.4 is 10.1 Å². The fourth-order valence-electron chi connectivity index (χ4n) is 5.37. The maximum Gasteiger partial charge on any atom is 0.224 e. The number of pyridine rings is 1. The molecule has 0 spiro atoms. The number of aryl methyl sites for hydroxylation is 1. The van der Waals surface area contributed by atoms with Crippen molar-refractivity contribution in [3.63, 3.8) is 0 Å². The highest BCUT2D eigenvalue weighted by molar-refractivity contribution is 5.95. The third-order valence-electron chi connectivity index (χ3n) is 7.44. The van der Waals surface area contributed by atoms with Gasteiger partial charge >= 0.3 is 0 Å². The van der Waals surface area contributed by atoms with E-state index in [1.54, 1.807) is 0 Å². The number of unbranched alkanes of at least 4 members (excludes halogenated alkanes) is 2. The van der Waals surface area contributed by atoms with E-state index in [1.807, 2.05) is 13.0 Å². The van der Waals surface area contributed by atoms with Gasteiger partial charge in [0, 0.05) is 37.0 Å². The normalized spacial score (nSPS) is 17.0. The smallest absolute Gasteiger partial charge is 0.224 e. The SMILES string of the molecule is Cc1ccc(OCCCCCN2CCCN(Cc3ccc4ccccc4n3)CC2)c2c1NC(=O)CC2. The highest BCUT2D eigenvalue weighted by Gasteiger charge is 2.20. The van der Waals surface area contributed by atoms with E-state index in [0.29, 0.717) is 6.42 Å². The summed E-state index contributed by atoms with van der Waals surface area (Å²) in [5, 5.41) is 4.22. The minimum atomic E-state index is 0.102. The first-order chi connectivity index (χ1) is 17.7. The minimum absolute atomic E-state index is 0.102. The molecule has 0 unspecified atom stereocenters. The van der Waals surface area contributed by atoms with Crippen molar-refractivity contribution >= 4 is 22.5 Å². The van der Waals surface area contributed by atoms with Gasteiger partial charge in [-0.05, 0) is 82.4 Å². The van der Waals surface area contributed by atoms with Gasteiger partial charge in [0.25, 0.3) is 0 Å². The van der Waals surface area contributed by atoms with E-state index in [2.05, 4.69) is 57.6 Å². The van der Waals surface area contributed by atoms with Crippen LogP contribution in [-0.4, -0.2) is 60.0 Å². The molecule has 6 heteroatoms. The molecule has 0 atom stereocenters. The number of carbonyl (C=O) groups excluding carboxylic acids is 1. The number of hydrogen-bond donors (Lipinski definition) is 1. The molecule has 0 saturated carbocycles. The molecule has 1 fully saturated rings. The number of para-hydroxylation sites is 1. The summed E-state index contributed by atoms with van der Waals surface area (Å²) in [5.41, 5.74) is 5.47. The Bertz CT molecular complexity index is 1190. The van der Waals surface area contributed by atoms with Crippen molar-refractivity contribution < 1.29 is 9.53 Å². The number of ether oxygens (including phenoxy) is 1. The van der Waals surface area contributed by atoms with E-state index in [-0.39, 0.29) is 5.91 Å². The first-order valence-electron chi connectivity index (χ1n) is 13.5. The molecule has 36 heavy (non-hydrogen) atoms. The number of carbonyl (C=O) groups is 1. The Kier molecular flexibility index (Phi) is 8.14. The number of aromatic nitrogens is 1. The number of benzene rings is 2. The van der Waals surface area contributed by atoms with Gasteiger partial charge in [-0.3, -0.25) is 14.7 Å². The lowest BCUT2D eigenvalue weighted by molar-refractivity contribution is -0.116. The molecule has 1 amide bonds. The fourth-order valence-corrected chi connectivity index (χ4v) is 5.37. The van der Waals surface area contributed by atoms with E-state index in [9.17, 15) is 4.79 Å². The first kappa shape index (κ1) is 24.7. The van der Waals surface area contributed by atoms with Crippen molar-refractivity contribution in [1.29, 1.82) is 0 Å². The van der Waals surface area contributed by atoms with Crippen LogP contribution >= 0.6 is 0 Å². The van der Waals surface area contributed by atoms with E-state index in [1.165, 1.54) is 36.9 Å². The van der Waals surface area contributed by atoms with Crippen molar-refractivity contribution in [2.45, 2.75) is 52.0 Å². The maximum absolute atomic E-state index is 11.8. The van der Waals surface area contributed by atoms with Gasteiger partial charge in [-0.1, -0.05) is 30.3 Å². The molecule has 1 N–H and O–H groups in total. The number of nitrogens with zero attached hydrogens (tertiary/aromatic N) is 3. The molecule has 3 aromatic rings. The van der Waals surface area contributed by atoms with E-state index < -0.39 is 0 Å². The van der Waals surface area contributed by atoms with Crippen LogP contribution in [0, 0.1) is 6.92 Å². The zero-order chi connectivity index (χ0) is 24.7. The molecule has 1 aromatic heterocycles. The van der Waals surface area contributed by atoms with Crippen molar-refractivity contribution in [1.82, 2.24) is 14.8 Å². The summed E-state index contributed by atoms with van der Waals surface area (Å²) < 4.78 is 6.13. The van der Waals surface area contributed by atoms with Gasteiger partial charge in [0.1, 0.15) is 5.75 Å². The van der Waals surface area contributed by atoms with Crippen LogP contribution in [0.4, 0.5) is 5.69 Å². The predicted molar refractivity (Wildman–Crippen MR) is 146 cm³/mol. The summed E-state index contributed by atoms with van der Waals surface area (Å²) >= 11 is 0. The molecule has 0 bridgehead atoms. The molecule has 3 heterocycles. The van der Waals surface area contributed by atoms with Gasteiger partial charge in [-0.15, -0.1) is 0 Å². The van der Waals surface area contributed by atoms with Gasteiger partial charge in [-0.25, -0.2) is 0 Å². The number of nitrogens with one attached hydrogen (secondary N) is 1. The largest absolute Gasteiger partial charge is 0.493 e. The number of fused-ring (bicyclic) bond motifs is 2.